The van der Waals surface area contributed by atoms with E-state index in [1.165, 1.54) is 36.2 Å². The molecule has 100 valence electrons. The van der Waals surface area contributed by atoms with Crippen molar-refractivity contribution in [2.45, 2.75) is 39.8 Å². The fraction of sp³-hybridized carbons (Fsp3) is 0.625. The zero-order valence-corrected chi connectivity index (χ0v) is 12.2. The van der Waals surface area contributed by atoms with Gasteiger partial charge in [0.25, 0.3) is 0 Å². The van der Waals surface area contributed by atoms with Crippen molar-refractivity contribution in [3.8, 4) is 0 Å². The predicted octanol–water partition coefficient (Wildman–Crippen LogP) is 2.73. The minimum atomic E-state index is 0.668. The Morgan fingerprint density at radius 2 is 2.11 bits per heavy atom. The number of hydrogen-bond donors (Lipinski definition) is 1. The normalized spacial score (nSPS) is 25.3. The van der Waals surface area contributed by atoms with Crippen molar-refractivity contribution in [3.63, 3.8) is 0 Å². The summed E-state index contributed by atoms with van der Waals surface area (Å²) >= 11 is 0. The highest BCUT2D eigenvalue weighted by atomic mass is 15.1. The molecule has 0 aliphatic carbocycles. The summed E-state index contributed by atoms with van der Waals surface area (Å²) in [7, 11) is 2.22. The van der Waals surface area contributed by atoms with Gasteiger partial charge in [0.2, 0.25) is 0 Å². The zero-order chi connectivity index (χ0) is 13.1. The van der Waals surface area contributed by atoms with Crippen LogP contribution in [0.4, 0.5) is 0 Å². The third-order valence-electron chi connectivity index (χ3n) is 4.38. The van der Waals surface area contributed by atoms with Crippen LogP contribution in [0.1, 0.15) is 30.0 Å². The number of rotatable bonds is 3. The number of nitrogens with zero attached hydrogens (tertiary/aromatic N) is 1. The third-order valence-corrected chi connectivity index (χ3v) is 4.38. The first-order valence-electron chi connectivity index (χ1n) is 7.05. The molecule has 1 aliphatic heterocycles. The maximum atomic E-state index is 3.75. The first-order chi connectivity index (χ1) is 8.58. The molecule has 0 spiro atoms. The van der Waals surface area contributed by atoms with Gasteiger partial charge in [-0.1, -0.05) is 25.1 Å². The van der Waals surface area contributed by atoms with Gasteiger partial charge in [-0.15, -0.1) is 0 Å². The summed E-state index contributed by atoms with van der Waals surface area (Å²) in [6.07, 6.45) is 1.27. The molecule has 1 heterocycles. The Labute approximate surface area is 111 Å². The summed E-state index contributed by atoms with van der Waals surface area (Å²) in [5.41, 5.74) is 4.28. The fourth-order valence-electron chi connectivity index (χ4n) is 2.90. The van der Waals surface area contributed by atoms with E-state index in [-0.39, 0.29) is 0 Å². The number of piperidine rings is 1. The van der Waals surface area contributed by atoms with Crippen LogP contribution in [0, 0.1) is 19.8 Å². The highest BCUT2D eigenvalue weighted by molar-refractivity contribution is 5.32. The molecular formula is C16H26N2. The molecular weight excluding hydrogens is 220 g/mol. The zero-order valence-electron chi connectivity index (χ0n) is 12.2. The van der Waals surface area contributed by atoms with Crippen LogP contribution in [0.25, 0.3) is 0 Å². The molecule has 1 fully saturated rings. The van der Waals surface area contributed by atoms with Crippen molar-refractivity contribution >= 4 is 0 Å². The summed E-state index contributed by atoms with van der Waals surface area (Å²) in [6, 6.07) is 7.27. The highest BCUT2D eigenvalue weighted by Gasteiger charge is 2.23. The van der Waals surface area contributed by atoms with Gasteiger partial charge in [0.05, 0.1) is 0 Å². The van der Waals surface area contributed by atoms with Crippen LogP contribution in [0.15, 0.2) is 18.2 Å². The van der Waals surface area contributed by atoms with Crippen LogP contribution >= 0.6 is 0 Å². The molecule has 1 aliphatic rings. The van der Waals surface area contributed by atoms with Gasteiger partial charge in [-0.05, 0) is 56.5 Å². The second-order valence-electron chi connectivity index (χ2n) is 5.87. The Morgan fingerprint density at radius 3 is 2.83 bits per heavy atom. The number of nitrogens with one attached hydrogen (secondary N) is 1. The van der Waals surface area contributed by atoms with Gasteiger partial charge in [-0.3, -0.25) is 0 Å². The van der Waals surface area contributed by atoms with E-state index in [2.05, 4.69) is 56.2 Å². The fourth-order valence-corrected chi connectivity index (χ4v) is 2.90. The summed E-state index contributed by atoms with van der Waals surface area (Å²) < 4.78 is 0. The molecule has 0 amide bonds. The lowest BCUT2D eigenvalue weighted by atomic mass is 9.93. The molecule has 0 radical (unpaired) electrons. The second-order valence-corrected chi connectivity index (χ2v) is 5.87. The molecule has 1 saturated heterocycles. The number of likely N-dealkylation sites (tertiary alicyclic amines) is 1. The van der Waals surface area contributed by atoms with Crippen LogP contribution in [0.2, 0.25) is 0 Å². The molecule has 1 aromatic rings. The Balaban J connectivity index is 1.93. The quantitative estimate of drug-likeness (QED) is 0.882. The van der Waals surface area contributed by atoms with E-state index in [1.807, 2.05) is 0 Å². The van der Waals surface area contributed by atoms with Crippen LogP contribution in [0.5, 0.6) is 0 Å². The van der Waals surface area contributed by atoms with Gasteiger partial charge in [0.1, 0.15) is 0 Å². The number of benzene rings is 1. The number of aryl methyl sites for hydroxylation is 1. The molecule has 18 heavy (non-hydrogen) atoms. The smallest absolute Gasteiger partial charge is 0.0210 e. The van der Waals surface area contributed by atoms with Gasteiger partial charge in [0, 0.05) is 19.1 Å². The minimum absolute atomic E-state index is 0.668. The molecule has 2 rings (SSSR count). The van der Waals surface area contributed by atoms with Crippen molar-refractivity contribution < 1.29 is 0 Å². The second kappa shape index (κ2) is 5.85. The first kappa shape index (κ1) is 13.6. The van der Waals surface area contributed by atoms with Crippen molar-refractivity contribution in [2.75, 3.05) is 20.1 Å². The van der Waals surface area contributed by atoms with Gasteiger partial charge in [-0.25, -0.2) is 0 Å². The predicted molar refractivity (Wildman–Crippen MR) is 77.8 cm³/mol. The van der Waals surface area contributed by atoms with Crippen LogP contribution < -0.4 is 5.32 Å². The average molecular weight is 246 g/mol. The maximum absolute atomic E-state index is 3.75. The highest BCUT2D eigenvalue weighted by Crippen LogP contribution is 2.17. The van der Waals surface area contributed by atoms with Crippen molar-refractivity contribution in [2.24, 2.45) is 5.92 Å². The standard InChI is InChI=1S/C16H26N2/c1-12-6-5-7-15(14(12)3)10-17-16-8-9-18(4)11-13(16)2/h5-7,13,16-17H,8-11H2,1-4H3. The Bertz CT molecular complexity index is 400. The van der Waals surface area contributed by atoms with Gasteiger partial charge in [0.15, 0.2) is 0 Å². The van der Waals surface area contributed by atoms with E-state index < -0.39 is 0 Å². The van der Waals surface area contributed by atoms with Gasteiger partial charge < -0.3 is 10.2 Å². The summed E-state index contributed by atoms with van der Waals surface area (Å²) in [5, 5.41) is 3.75. The average Bonchev–Trinajstić information content (AvgIpc) is 2.33. The molecule has 0 bridgehead atoms. The van der Waals surface area contributed by atoms with Gasteiger partial charge >= 0.3 is 0 Å². The lowest BCUT2D eigenvalue weighted by Gasteiger charge is -2.35. The van der Waals surface area contributed by atoms with Crippen LogP contribution in [0.3, 0.4) is 0 Å². The molecule has 0 saturated carbocycles. The monoisotopic (exact) mass is 246 g/mol. The number of hydrogen-bond acceptors (Lipinski definition) is 2. The van der Waals surface area contributed by atoms with E-state index in [0.717, 1.165) is 12.5 Å². The topological polar surface area (TPSA) is 15.3 Å². The SMILES string of the molecule is Cc1cccc(CNC2CCN(C)CC2C)c1C. The van der Waals surface area contributed by atoms with E-state index in [1.54, 1.807) is 0 Å². The van der Waals surface area contributed by atoms with Crippen molar-refractivity contribution in [1.29, 1.82) is 0 Å². The van der Waals surface area contributed by atoms with E-state index in [9.17, 15) is 0 Å². The lowest BCUT2D eigenvalue weighted by molar-refractivity contribution is 0.174. The molecule has 2 atom stereocenters. The molecule has 2 heteroatoms. The maximum Gasteiger partial charge on any atom is 0.0210 e. The molecule has 1 N–H and O–H groups in total. The lowest BCUT2D eigenvalue weighted by Crippen LogP contribution is -2.46. The molecule has 1 aromatic carbocycles. The minimum Gasteiger partial charge on any atom is -0.310 e. The van der Waals surface area contributed by atoms with Crippen LogP contribution in [-0.4, -0.2) is 31.1 Å². The Kier molecular flexibility index (Phi) is 4.41. The van der Waals surface area contributed by atoms with Crippen molar-refractivity contribution in [3.05, 3.63) is 34.9 Å². The summed E-state index contributed by atoms with van der Waals surface area (Å²) in [4.78, 5) is 2.43. The largest absolute Gasteiger partial charge is 0.310 e. The van der Waals surface area contributed by atoms with Crippen molar-refractivity contribution in [1.82, 2.24) is 10.2 Å². The first-order valence-corrected chi connectivity index (χ1v) is 7.05. The molecule has 0 aromatic heterocycles. The van der Waals surface area contributed by atoms with E-state index in [4.69, 9.17) is 0 Å². The van der Waals surface area contributed by atoms with E-state index in [0.29, 0.717) is 6.04 Å². The Morgan fingerprint density at radius 1 is 1.33 bits per heavy atom. The molecule has 2 nitrogen and oxygen atoms in total. The van der Waals surface area contributed by atoms with Gasteiger partial charge in [-0.2, -0.15) is 0 Å². The molecule has 2 unspecified atom stereocenters. The third kappa shape index (κ3) is 3.12. The summed E-state index contributed by atoms with van der Waals surface area (Å²) in [5.74, 6) is 0.744. The van der Waals surface area contributed by atoms with E-state index >= 15 is 0 Å². The Hall–Kier alpha value is -0.860. The summed E-state index contributed by atoms with van der Waals surface area (Å²) in [6.45, 7) is 10.2. The van der Waals surface area contributed by atoms with Crippen LogP contribution in [-0.2, 0) is 6.54 Å².